The van der Waals surface area contributed by atoms with Crippen molar-refractivity contribution in [3.05, 3.63) is 42.0 Å². The third-order valence-electron chi connectivity index (χ3n) is 2.76. The first kappa shape index (κ1) is 14.4. The van der Waals surface area contributed by atoms with Crippen molar-refractivity contribution < 1.29 is 4.79 Å². The summed E-state index contributed by atoms with van der Waals surface area (Å²) in [5, 5.41) is 0. The Bertz CT molecular complexity index is 441. The van der Waals surface area contributed by atoms with Crippen molar-refractivity contribution in [2.45, 2.75) is 46.5 Å². The van der Waals surface area contributed by atoms with Crippen LogP contribution in [0.15, 0.2) is 36.3 Å². The molecule has 18 heavy (non-hydrogen) atoms. The number of aromatic nitrogens is 2. The fraction of sp³-hybridized carbons (Fsp3) is 0.467. The minimum Gasteiger partial charge on any atom is -0.276 e. The molecule has 98 valence electrons. The molecule has 1 aromatic heterocycles. The summed E-state index contributed by atoms with van der Waals surface area (Å²) in [6.07, 6.45) is 12.9. The van der Waals surface area contributed by atoms with Crippen LogP contribution in [0.4, 0.5) is 0 Å². The van der Waals surface area contributed by atoms with E-state index in [0.29, 0.717) is 6.42 Å². The highest BCUT2D eigenvalue weighted by molar-refractivity contribution is 5.79. The fourth-order valence-electron chi connectivity index (χ4n) is 1.79. The average molecular weight is 246 g/mol. The lowest BCUT2D eigenvalue weighted by Gasteiger charge is -2.02. The van der Waals surface area contributed by atoms with Gasteiger partial charge in [0.05, 0.1) is 5.69 Å². The van der Waals surface area contributed by atoms with Gasteiger partial charge in [0.2, 0.25) is 5.91 Å². The maximum atomic E-state index is 12.0. The molecule has 0 radical (unpaired) electrons. The van der Waals surface area contributed by atoms with Gasteiger partial charge in [0, 0.05) is 12.6 Å². The Labute approximate surface area is 109 Å². The van der Waals surface area contributed by atoms with E-state index in [1.54, 1.807) is 10.9 Å². The molecule has 0 spiro atoms. The van der Waals surface area contributed by atoms with Gasteiger partial charge in [-0.2, -0.15) is 0 Å². The number of aryl methyl sites for hydroxylation is 1. The van der Waals surface area contributed by atoms with Gasteiger partial charge in [0.15, 0.2) is 0 Å². The van der Waals surface area contributed by atoms with Crippen LogP contribution in [-0.2, 0) is 6.42 Å². The molecule has 0 aliphatic carbocycles. The maximum absolute atomic E-state index is 12.0. The lowest BCUT2D eigenvalue weighted by molar-refractivity contribution is 0.0903. The molecule has 0 saturated heterocycles. The average Bonchev–Trinajstić information content (AvgIpc) is 2.85. The monoisotopic (exact) mass is 246 g/mol. The number of carbonyl (C=O) groups excluding carboxylic acids is 1. The van der Waals surface area contributed by atoms with Gasteiger partial charge in [-0.15, -0.1) is 0 Å². The van der Waals surface area contributed by atoms with Crippen LogP contribution >= 0.6 is 0 Å². The summed E-state index contributed by atoms with van der Waals surface area (Å²) in [6.45, 7) is 6.13. The van der Waals surface area contributed by atoms with Crippen molar-refractivity contribution in [3.8, 4) is 0 Å². The van der Waals surface area contributed by atoms with Crippen LogP contribution < -0.4 is 0 Å². The Morgan fingerprint density at radius 3 is 2.72 bits per heavy atom. The molecule has 3 nitrogen and oxygen atoms in total. The minimum absolute atomic E-state index is 0.105. The molecular weight excluding hydrogens is 224 g/mol. The van der Waals surface area contributed by atoms with Gasteiger partial charge in [0.1, 0.15) is 6.33 Å². The second-order valence-electron chi connectivity index (χ2n) is 4.21. The van der Waals surface area contributed by atoms with Crippen molar-refractivity contribution in [3.63, 3.8) is 0 Å². The van der Waals surface area contributed by atoms with Crippen LogP contribution in [0, 0.1) is 0 Å². The van der Waals surface area contributed by atoms with Crippen molar-refractivity contribution in [2.24, 2.45) is 0 Å². The van der Waals surface area contributed by atoms with Gasteiger partial charge < -0.3 is 0 Å². The Kier molecular flexibility index (Phi) is 6.12. The molecule has 0 atom stereocenters. The summed E-state index contributed by atoms with van der Waals surface area (Å²) >= 11 is 0. The lowest BCUT2D eigenvalue weighted by atomic mass is 10.1. The Morgan fingerprint density at radius 1 is 1.39 bits per heavy atom. The Hall–Kier alpha value is -1.64. The normalized spacial score (nSPS) is 12.3. The first-order valence-corrected chi connectivity index (χ1v) is 6.59. The largest absolute Gasteiger partial charge is 0.276 e. The number of rotatable bonds is 6. The lowest BCUT2D eigenvalue weighted by Crippen LogP contribution is -2.08. The molecule has 0 aliphatic heterocycles. The van der Waals surface area contributed by atoms with Crippen molar-refractivity contribution in [1.82, 2.24) is 9.55 Å². The Balaban J connectivity index is 2.57. The first-order valence-electron chi connectivity index (χ1n) is 6.59. The van der Waals surface area contributed by atoms with E-state index < -0.39 is 0 Å². The van der Waals surface area contributed by atoms with Crippen molar-refractivity contribution in [1.29, 1.82) is 0 Å². The molecule has 3 heteroatoms. The van der Waals surface area contributed by atoms with Gasteiger partial charge in [-0.05, 0) is 26.2 Å². The molecule has 0 N–H and O–H groups in total. The first-order chi connectivity index (χ1) is 8.71. The summed E-state index contributed by atoms with van der Waals surface area (Å²) in [7, 11) is 0. The molecule has 0 saturated carbocycles. The molecule has 1 rings (SSSR count). The predicted molar refractivity (Wildman–Crippen MR) is 74.7 cm³/mol. The topological polar surface area (TPSA) is 34.9 Å². The fourth-order valence-corrected chi connectivity index (χ4v) is 1.79. The van der Waals surface area contributed by atoms with Crippen LogP contribution in [0.25, 0.3) is 0 Å². The van der Waals surface area contributed by atoms with E-state index in [1.165, 1.54) is 5.57 Å². The van der Waals surface area contributed by atoms with E-state index in [1.807, 2.05) is 26.1 Å². The second kappa shape index (κ2) is 7.64. The second-order valence-corrected chi connectivity index (χ2v) is 4.21. The summed E-state index contributed by atoms with van der Waals surface area (Å²) in [5.41, 5.74) is 2.19. The molecular formula is C15H22N2O. The number of hydrogen-bond donors (Lipinski definition) is 0. The zero-order valence-corrected chi connectivity index (χ0v) is 11.5. The third kappa shape index (κ3) is 4.32. The number of allylic oxidation sites excluding steroid dienone is 4. The number of hydrogen-bond acceptors (Lipinski definition) is 2. The molecule has 0 fully saturated rings. The highest BCUT2D eigenvalue weighted by atomic mass is 16.2. The van der Waals surface area contributed by atoms with Gasteiger partial charge in [-0.3, -0.25) is 9.36 Å². The maximum Gasteiger partial charge on any atom is 0.232 e. The summed E-state index contributed by atoms with van der Waals surface area (Å²) < 4.78 is 1.60. The zero-order chi connectivity index (χ0) is 13.4. The molecule has 0 aromatic carbocycles. The van der Waals surface area contributed by atoms with E-state index in [4.69, 9.17) is 0 Å². The predicted octanol–water partition coefficient (Wildman–Crippen LogP) is 3.78. The van der Waals surface area contributed by atoms with Crippen molar-refractivity contribution in [2.75, 3.05) is 0 Å². The highest BCUT2D eigenvalue weighted by Gasteiger charge is 2.06. The van der Waals surface area contributed by atoms with Crippen LogP contribution in [0.1, 0.15) is 50.5 Å². The molecule has 1 heterocycles. The number of carbonyl (C=O) groups is 1. The third-order valence-corrected chi connectivity index (χ3v) is 2.76. The number of imidazole rings is 1. The van der Waals surface area contributed by atoms with Gasteiger partial charge in [-0.25, -0.2) is 4.98 Å². The summed E-state index contributed by atoms with van der Waals surface area (Å²) in [4.78, 5) is 16.1. The van der Waals surface area contributed by atoms with Gasteiger partial charge >= 0.3 is 0 Å². The Morgan fingerprint density at radius 2 is 2.17 bits per heavy atom. The van der Waals surface area contributed by atoms with Gasteiger partial charge in [-0.1, -0.05) is 37.6 Å². The van der Waals surface area contributed by atoms with E-state index in [2.05, 4.69) is 24.1 Å². The molecule has 0 aliphatic rings. The summed E-state index contributed by atoms with van der Waals surface area (Å²) in [5.74, 6) is 0.105. The summed E-state index contributed by atoms with van der Waals surface area (Å²) in [6, 6.07) is 0. The standard InChI is InChI=1S/C15H22N2O/c1-4-7-13(8-5-2)9-10-15(18)17-11-14(6-3)16-12-17/h4,7-8,11-12H,5-6,9-10H2,1-3H3/b7-4-,13-8+. The van der Waals surface area contributed by atoms with Crippen LogP contribution in [0.5, 0.6) is 0 Å². The molecule has 0 bridgehead atoms. The minimum atomic E-state index is 0.105. The quantitative estimate of drug-likeness (QED) is 0.716. The smallest absolute Gasteiger partial charge is 0.232 e. The molecule has 0 unspecified atom stereocenters. The molecule has 1 aromatic rings. The van der Waals surface area contributed by atoms with Crippen LogP contribution in [0.3, 0.4) is 0 Å². The van der Waals surface area contributed by atoms with Crippen molar-refractivity contribution >= 4 is 5.91 Å². The zero-order valence-electron chi connectivity index (χ0n) is 11.5. The van der Waals surface area contributed by atoms with Crippen LogP contribution in [-0.4, -0.2) is 15.5 Å². The highest BCUT2D eigenvalue weighted by Crippen LogP contribution is 2.10. The van der Waals surface area contributed by atoms with E-state index >= 15 is 0 Å². The van der Waals surface area contributed by atoms with Crippen LogP contribution in [0.2, 0.25) is 0 Å². The SMILES string of the molecule is C/C=C\C(=C/CC)CCC(=O)n1cnc(CC)c1. The van der Waals surface area contributed by atoms with E-state index in [-0.39, 0.29) is 5.91 Å². The van der Waals surface area contributed by atoms with E-state index in [9.17, 15) is 4.79 Å². The molecule has 0 amide bonds. The van der Waals surface area contributed by atoms with E-state index in [0.717, 1.165) is 25.0 Å². The number of nitrogens with zero attached hydrogens (tertiary/aromatic N) is 2. The van der Waals surface area contributed by atoms with Gasteiger partial charge in [0.25, 0.3) is 0 Å².